The van der Waals surface area contributed by atoms with Crippen molar-refractivity contribution < 1.29 is 0 Å². The predicted octanol–water partition coefficient (Wildman–Crippen LogP) is 3.30. The molecule has 0 amide bonds. The van der Waals surface area contributed by atoms with Gasteiger partial charge in [-0.2, -0.15) is 0 Å². The summed E-state index contributed by atoms with van der Waals surface area (Å²) in [4.78, 5) is 0. The molecule has 1 aromatic carbocycles. The number of hydrogen-bond acceptors (Lipinski definition) is 0. The van der Waals surface area contributed by atoms with Gasteiger partial charge in [0, 0.05) is 24.5 Å². The van der Waals surface area contributed by atoms with E-state index in [0.717, 1.165) is 0 Å². The second-order valence-corrected chi connectivity index (χ2v) is 27.7. The fourth-order valence-corrected chi connectivity index (χ4v) is 37.9. The van der Waals surface area contributed by atoms with Gasteiger partial charge in [-0.15, -0.1) is 0 Å². The van der Waals surface area contributed by atoms with Gasteiger partial charge in [0.2, 0.25) is 0 Å². The minimum atomic E-state index is -1.17. The molecule has 17 heavy (non-hydrogen) atoms. The Labute approximate surface area is 113 Å². The smallest absolute Gasteiger partial charge is 0.0737 e. The van der Waals surface area contributed by atoms with Crippen molar-refractivity contribution in [3.63, 3.8) is 0 Å². The summed E-state index contributed by atoms with van der Waals surface area (Å²) in [6.45, 7) is 15.3. The molecule has 0 unspecified atom stereocenters. The maximum Gasteiger partial charge on any atom is 0.0774 e. The Morgan fingerprint density at radius 3 is 1.76 bits per heavy atom. The van der Waals surface area contributed by atoms with Crippen LogP contribution in [-0.4, -0.2) is 32.5 Å². The van der Waals surface area contributed by atoms with Crippen molar-refractivity contribution >= 4 is 37.7 Å². The van der Waals surface area contributed by atoms with E-state index in [1.807, 2.05) is 0 Å². The van der Waals surface area contributed by atoms with E-state index in [1.165, 1.54) is 0 Å². The Bertz CT molecular complexity index is 325. The number of rotatable bonds is 5. The van der Waals surface area contributed by atoms with Gasteiger partial charge in [0.15, 0.2) is 0 Å². The summed E-state index contributed by atoms with van der Waals surface area (Å²) in [5.74, 6) is 0. The van der Waals surface area contributed by atoms with Crippen LogP contribution in [0.15, 0.2) is 30.3 Å². The van der Waals surface area contributed by atoms with Crippen LogP contribution in [-0.2, 0) is 0 Å². The van der Waals surface area contributed by atoms with Crippen LogP contribution in [0.25, 0.3) is 0 Å². The van der Waals surface area contributed by atoms with Crippen LogP contribution in [0.5, 0.6) is 0 Å². The molecule has 0 saturated heterocycles. The van der Waals surface area contributed by atoms with Crippen LogP contribution in [0.2, 0.25) is 44.9 Å². The lowest BCUT2D eigenvalue weighted by molar-refractivity contribution is 1.63. The molecule has 0 fully saturated rings. The van der Waals surface area contributed by atoms with Crippen LogP contribution < -0.4 is 5.19 Å². The maximum atomic E-state index is 2.57. The Hall–Kier alpha value is 0.0875. The highest BCUT2D eigenvalue weighted by Crippen LogP contribution is 2.15. The Balaban J connectivity index is 2.85. The van der Waals surface area contributed by atoms with E-state index in [9.17, 15) is 0 Å². The van der Waals surface area contributed by atoms with E-state index in [-0.39, 0.29) is 24.5 Å². The van der Waals surface area contributed by atoms with Gasteiger partial charge in [0.25, 0.3) is 0 Å². The average Bonchev–Trinajstić information content (AvgIpc) is 2.26. The Morgan fingerprint density at radius 1 is 0.882 bits per heavy atom. The SMILES string of the molecule is C[Si](C)[Si](C[Si](C)(C)c1ccccc1)[Si](C)C. The first kappa shape index (κ1) is 15.1. The molecule has 3 radical (unpaired) electrons. The molecule has 0 aliphatic rings. The van der Waals surface area contributed by atoms with Crippen molar-refractivity contribution in [3.05, 3.63) is 30.3 Å². The van der Waals surface area contributed by atoms with Gasteiger partial charge in [-0.25, -0.2) is 0 Å². The normalized spacial score (nSPS) is 12.8. The van der Waals surface area contributed by atoms with Crippen molar-refractivity contribution in [2.45, 2.75) is 44.9 Å². The van der Waals surface area contributed by atoms with Crippen LogP contribution in [0, 0.1) is 0 Å². The lowest BCUT2D eigenvalue weighted by atomic mass is 10.4. The minimum absolute atomic E-state index is 0.0173. The topological polar surface area (TPSA) is 0 Å². The van der Waals surface area contributed by atoms with Crippen molar-refractivity contribution in [1.29, 1.82) is 0 Å². The van der Waals surface area contributed by atoms with Gasteiger partial charge in [0.05, 0.1) is 8.07 Å². The third kappa shape index (κ3) is 4.35. The molecule has 1 rings (SSSR count). The second kappa shape index (κ2) is 6.31. The summed E-state index contributed by atoms with van der Waals surface area (Å²) in [7, 11) is -1.25. The standard InChI is InChI=1S/C13H25Si4/c1-14(2)16(15(3)4)12-17(5,6)13-10-8-7-9-11-13/h7-11H,12H2,1-6H3. The van der Waals surface area contributed by atoms with Crippen LogP contribution in [0.1, 0.15) is 0 Å². The summed E-state index contributed by atoms with van der Waals surface area (Å²) in [5, 5.41) is 1.66. The predicted molar refractivity (Wildman–Crippen MR) is 89.1 cm³/mol. The fourth-order valence-electron chi connectivity index (χ4n) is 2.29. The molecule has 0 saturated carbocycles. The zero-order valence-electron chi connectivity index (χ0n) is 12.1. The summed E-state index contributed by atoms with van der Waals surface area (Å²) in [6.07, 6.45) is 0. The lowest BCUT2D eigenvalue weighted by Crippen LogP contribution is -2.53. The van der Waals surface area contributed by atoms with Crippen LogP contribution in [0.4, 0.5) is 0 Å². The van der Waals surface area contributed by atoms with E-state index in [2.05, 4.69) is 69.6 Å². The molecule has 0 aliphatic carbocycles. The third-order valence-electron chi connectivity index (χ3n) is 3.38. The highest BCUT2D eigenvalue weighted by Gasteiger charge is 2.32. The zero-order valence-corrected chi connectivity index (χ0v) is 16.1. The molecule has 93 valence electrons. The molecule has 0 aliphatic heterocycles. The lowest BCUT2D eigenvalue weighted by Gasteiger charge is -2.31. The highest BCUT2D eigenvalue weighted by molar-refractivity contribution is 7.51. The zero-order chi connectivity index (χ0) is 13.1. The monoisotopic (exact) mass is 293 g/mol. The largest absolute Gasteiger partial charge is 0.0774 e. The Morgan fingerprint density at radius 2 is 1.35 bits per heavy atom. The van der Waals surface area contributed by atoms with Gasteiger partial charge in [0.1, 0.15) is 0 Å². The molecular weight excluding hydrogens is 268 g/mol. The van der Waals surface area contributed by atoms with Gasteiger partial charge in [-0.3, -0.25) is 0 Å². The first-order valence-electron chi connectivity index (χ1n) is 6.37. The molecule has 0 nitrogen and oxygen atoms in total. The van der Waals surface area contributed by atoms with Gasteiger partial charge < -0.3 is 0 Å². The average molecular weight is 294 g/mol. The number of hydrogen-bond donors (Lipinski definition) is 0. The quantitative estimate of drug-likeness (QED) is 0.731. The summed E-state index contributed by atoms with van der Waals surface area (Å²) in [6, 6.07) is 11.3. The van der Waals surface area contributed by atoms with Crippen molar-refractivity contribution in [3.8, 4) is 0 Å². The first-order valence-corrected chi connectivity index (χ1v) is 18.3. The Kier molecular flexibility index (Phi) is 5.62. The summed E-state index contributed by atoms with van der Waals surface area (Å²) in [5.41, 5.74) is 1.60. The molecule has 0 aromatic heterocycles. The van der Waals surface area contributed by atoms with E-state index >= 15 is 0 Å². The molecule has 1 aromatic rings. The van der Waals surface area contributed by atoms with E-state index < -0.39 is 8.07 Å². The molecule has 0 atom stereocenters. The molecule has 0 N–H and O–H groups in total. The van der Waals surface area contributed by atoms with E-state index in [1.54, 1.807) is 10.9 Å². The maximum absolute atomic E-state index is 2.57. The highest BCUT2D eigenvalue weighted by atomic mass is 29.6. The summed E-state index contributed by atoms with van der Waals surface area (Å²) < 4.78 is 0. The molecular formula is C13H25Si4. The third-order valence-corrected chi connectivity index (χ3v) is 32.1. The second-order valence-electron chi connectivity index (χ2n) is 5.91. The molecule has 0 bridgehead atoms. The van der Waals surface area contributed by atoms with Gasteiger partial charge >= 0.3 is 0 Å². The van der Waals surface area contributed by atoms with Crippen molar-refractivity contribution in [2.24, 2.45) is 0 Å². The van der Waals surface area contributed by atoms with E-state index in [0.29, 0.717) is 0 Å². The van der Waals surface area contributed by atoms with Gasteiger partial charge in [-0.1, -0.05) is 80.5 Å². The van der Waals surface area contributed by atoms with E-state index in [4.69, 9.17) is 0 Å². The van der Waals surface area contributed by atoms with Crippen molar-refractivity contribution in [1.82, 2.24) is 0 Å². The first-order chi connectivity index (χ1) is 7.84. The van der Waals surface area contributed by atoms with Crippen LogP contribution >= 0.6 is 0 Å². The number of benzene rings is 1. The summed E-state index contributed by atoms with van der Waals surface area (Å²) >= 11 is 0. The molecule has 4 heteroatoms. The fraction of sp³-hybridized carbons (Fsp3) is 0.538. The van der Waals surface area contributed by atoms with Gasteiger partial charge in [-0.05, 0) is 0 Å². The minimum Gasteiger partial charge on any atom is -0.0737 e. The molecule has 0 spiro atoms. The molecule has 0 heterocycles. The van der Waals surface area contributed by atoms with Crippen molar-refractivity contribution in [2.75, 3.05) is 0 Å². The van der Waals surface area contributed by atoms with Crippen LogP contribution in [0.3, 0.4) is 0 Å².